The number of hydrogen-bond acceptors (Lipinski definition) is 6. The highest BCUT2D eigenvalue weighted by molar-refractivity contribution is 5.56. The number of anilines is 1. The van der Waals surface area contributed by atoms with Gasteiger partial charge in [-0.05, 0) is 36.8 Å². The molecule has 0 aliphatic heterocycles. The predicted octanol–water partition coefficient (Wildman–Crippen LogP) is 3.55. The largest absolute Gasteiger partial charge is 0.337 e. The molecule has 0 bridgehead atoms. The lowest BCUT2D eigenvalue weighted by Gasteiger charge is -2.09. The molecule has 28 heavy (non-hydrogen) atoms. The number of hydrazine groups is 1. The van der Waals surface area contributed by atoms with Gasteiger partial charge in [0, 0.05) is 24.6 Å². The summed E-state index contributed by atoms with van der Waals surface area (Å²) in [4.78, 5) is 8.48. The van der Waals surface area contributed by atoms with Gasteiger partial charge < -0.3 is 14.5 Å². The second-order valence-electron chi connectivity index (χ2n) is 6.27. The summed E-state index contributed by atoms with van der Waals surface area (Å²) < 4.78 is 21.5. The third kappa shape index (κ3) is 4.07. The molecule has 0 saturated heterocycles. The Bertz CT molecular complexity index is 1060. The number of imidazole rings is 1. The molecule has 0 spiro atoms. The van der Waals surface area contributed by atoms with Crippen LogP contribution in [0, 0.1) is 12.7 Å². The lowest BCUT2D eigenvalue weighted by atomic mass is 10.1. The molecule has 4 aromatic rings. The number of nitrogens with zero attached hydrogens (tertiary/aromatic N) is 4. The van der Waals surface area contributed by atoms with Gasteiger partial charge in [-0.25, -0.2) is 14.8 Å². The second kappa shape index (κ2) is 8.01. The van der Waals surface area contributed by atoms with Crippen molar-refractivity contribution in [1.29, 1.82) is 0 Å². The number of benzene rings is 2. The Balaban J connectivity index is 1.46. The number of para-hydroxylation sites is 1. The van der Waals surface area contributed by atoms with Crippen molar-refractivity contribution in [1.82, 2.24) is 25.1 Å². The Morgan fingerprint density at radius 1 is 1.14 bits per heavy atom. The minimum atomic E-state index is -0.397. The lowest BCUT2D eigenvalue weighted by Crippen LogP contribution is -2.20. The number of rotatable bonds is 7. The van der Waals surface area contributed by atoms with Crippen LogP contribution < -0.4 is 10.9 Å². The van der Waals surface area contributed by atoms with E-state index in [1.807, 2.05) is 48.0 Å². The van der Waals surface area contributed by atoms with Gasteiger partial charge in [0.1, 0.15) is 18.2 Å². The maximum absolute atomic E-state index is 14.3. The van der Waals surface area contributed by atoms with Gasteiger partial charge in [0.2, 0.25) is 11.7 Å². The van der Waals surface area contributed by atoms with E-state index in [9.17, 15) is 4.39 Å². The van der Waals surface area contributed by atoms with E-state index in [1.165, 1.54) is 6.07 Å². The van der Waals surface area contributed by atoms with Crippen LogP contribution in [0.4, 0.5) is 10.1 Å². The van der Waals surface area contributed by atoms with E-state index in [1.54, 1.807) is 18.3 Å². The maximum Gasteiger partial charge on any atom is 0.246 e. The minimum absolute atomic E-state index is 0.225. The third-order valence-corrected chi connectivity index (χ3v) is 4.27. The molecule has 7 nitrogen and oxygen atoms in total. The minimum Gasteiger partial charge on any atom is -0.337 e. The van der Waals surface area contributed by atoms with Crippen LogP contribution in [-0.4, -0.2) is 19.7 Å². The van der Waals surface area contributed by atoms with Gasteiger partial charge in [0.25, 0.3) is 0 Å². The Kier molecular flexibility index (Phi) is 5.11. The predicted molar refractivity (Wildman–Crippen MR) is 103 cm³/mol. The molecule has 4 rings (SSSR count). The normalized spacial score (nSPS) is 10.9. The Hall–Kier alpha value is -3.52. The average Bonchev–Trinajstić information content (AvgIpc) is 3.34. The van der Waals surface area contributed by atoms with E-state index in [-0.39, 0.29) is 5.82 Å². The van der Waals surface area contributed by atoms with Crippen LogP contribution in [0.3, 0.4) is 0 Å². The zero-order chi connectivity index (χ0) is 19.3. The van der Waals surface area contributed by atoms with Crippen molar-refractivity contribution < 1.29 is 8.91 Å². The molecule has 0 atom stereocenters. The summed E-state index contributed by atoms with van der Waals surface area (Å²) >= 11 is 0. The Morgan fingerprint density at radius 2 is 2.00 bits per heavy atom. The molecule has 8 heteroatoms. The molecule has 0 fully saturated rings. The summed E-state index contributed by atoms with van der Waals surface area (Å²) in [6, 6.07) is 14.6. The molecule has 0 aliphatic rings. The van der Waals surface area contributed by atoms with Crippen molar-refractivity contribution in [3.05, 3.63) is 84.0 Å². The van der Waals surface area contributed by atoms with Gasteiger partial charge in [-0.2, -0.15) is 4.98 Å². The molecule has 0 radical (unpaired) electrons. The summed E-state index contributed by atoms with van der Waals surface area (Å²) in [5.74, 6) is 1.06. The molecule has 0 aliphatic carbocycles. The smallest absolute Gasteiger partial charge is 0.246 e. The van der Waals surface area contributed by atoms with E-state index in [0.717, 1.165) is 17.1 Å². The van der Waals surface area contributed by atoms with Crippen LogP contribution in [0.1, 0.15) is 17.3 Å². The molecule has 2 heterocycles. The van der Waals surface area contributed by atoms with Crippen molar-refractivity contribution in [2.75, 3.05) is 5.43 Å². The fourth-order valence-corrected chi connectivity index (χ4v) is 2.77. The van der Waals surface area contributed by atoms with Crippen LogP contribution in [0.25, 0.3) is 11.4 Å². The summed E-state index contributed by atoms with van der Waals surface area (Å²) in [5.41, 5.74) is 8.34. The first-order valence-corrected chi connectivity index (χ1v) is 8.82. The van der Waals surface area contributed by atoms with E-state index >= 15 is 0 Å². The van der Waals surface area contributed by atoms with Crippen LogP contribution >= 0.6 is 0 Å². The van der Waals surface area contributed by atoms with Crippen molar-refractivity contribution in [3.8, 4) is 11.4 Å². The number of halogens is 1. The standard InChI is InChI=1S/C20H19FN6O/c1-14-22-9-10-27(14)13-19-24-20(26-28-19)17-11-15(7-8-18(17)21)12-23-25-16-5-3-2-4-6-16/h2-11,23,25H,12-13H2,1H3. The highest BCUT2D eigenvalue weighted by Crippen LogP contribution is 2.22. The Labute approximate surface area is 161 Å². The van der Waals surface area contributed by atoms with E-state index < -0.39 is 5.82 Å². The molecular weight excluding hydrogens is 359 g/mol. The molecule has 0 amide bonds. The molecule has 2 aromatic heterocycles. The van der Waals surface area contributed by atoms with Crippen molar-refractivity contribution in [2.45, 2.75) is 20.0 Å². The SMILES string of the molecule is Cc1nccn1Cc1nc(-c2cc(CNNc3ccccc3)ccc2F)no1. The van der Waals surface area contributed by atoms with Crippen LogP contribution in [-0.2, 0) is 13.1 Å². The van der Waals surface area contributed by atoms with Gasteiger partial charge in [-0.15, -0.1) is 0 Å². The number of hydrogen-bond donors (Lipinski definition) is 2. The van der Waals surface area contributed by atoms with E-state index in [0.29, 0.717) is 24.5 Å². The third-order valence-electron chi connectivity index (χ3n) is 4.27. The van der Waals surface area contributed by atoms with E-state index in [2.05, 4.69) is 26.0 Å². The maximum atomic E-state index is 14.3. The van der Waals surface area contributed by atoms with Gasteiger partial charge in [0.05, 0.1) is 5.56 Å². The quantitative estimate of drug-likeness (QED) is 0.479. The molecular formula is C20H19FN6O. The van der Waals surface area contributed by atoms with Crippen molar-refractivity contribution >= 4 is 5.69 Å². The molecule has 2 aromatic carbocycles. The van der Waals surface area contributed by atoms with Crippen molar-refractivity contribution in [3.63, 3.8) is 0 Å². The fourth-order valence-electron chi connectivity index (χ4n) is 2.77. The average molecular weight is 378 g/mol. The second-order valence-corrected chi connectivity index (χ2v) is 6.27. The van der Waals surface area contributed by atoms with E-state index in [4.69, 9.17) is 4.52 Å². The number of aryl methyl sites for hydroxylation is 1. The fraction of sp³-hybridized carbons (Fsp3) is 0.150. The van der Waals surface area contributed by atoms with Gasteiger partial charge in [-0.3, -0.25) is 0 Å². The zero-order valence-electron chi connectivity index (χ0n) is 15.3. The topological polar surface area (TPSA) is 80.8 Å². The molecule has 0 unspecified atom stereocenters. The first-order valence-electron chi connectivity index (χ1n) is 8.82. The van der Waals surface area contributed by atoms with Crippen LogP contribution in [0.5, 0.6) is 0 Å². The van der Waals surface area contributed by atoms with Crippen LogP contribution in [0.2, 0.25) is 0 Å². The molecule has 0 saturated carbocycles. The molecule has 2 N–H and O–H groups in total. The lowest BCUT2D eigenvalue weighted by molar-refractivity contribution is 0.370. The first kappa shape index (κ1) is 17.9. The summed E-state index contributed by atoms with van der Waals surface area (Å²) in [7, 11) is 0. The van der Waals surface area contributed by atoms with Gasteiger partial charge in [0.15, 0.2) is 0 Å². The Morgan fingerprint density at radius 3 is 2.79 bits per heavy atom. The summed E-state index contributed by atoms with van der Waals surface area (Å²) in [6.45, 7) is 2.78. The highest BCUT2D eigenvalue weighted by Gasteiger charge is 2.14. The van der Waals surface area contributed by atoms with Crippen molar-refractivity contribution in [2.24, 2.45) is 0 Å². The highest BCUT2D eigenvalue weighted by atomic mass is 19.1. The molecule has 142 valence electrons. The first-order chi connectivity index (χ1) is 13.7. The zero-order valence-corrected chi connectivity index (χ0v) is 15.3. The monoisotopic (exact) mass is 378 g/mol. The number of aromatic nitrogens is 4. The van der Waals surface area contributed by atoms with Crippen LogP contribution in [0.15, 0.2) is 65.4 Å². The summed E-state index contributed by atoms with van der Waals surface area (Å²) in [6.07, 6.45) is 3.53. The van der Waals surface area contributed by atoms with Gasteiger partial charge in [-0.1, -0.05) is 29.4 Å². The van der Waals surface area contributed by atoms with Gasteiger partial charge >= 0.3 is 0 Å². The number of nitrogens with one attached hydrogen (secondary N) is 2. The summed E-state index contributed by atoms with van der Waals surface area (Å²) in [5, 5.41) is 3.93.